The molecule has 0 fully saturated rings. The van der Waals surface area contributed by atoms with Gasteiger partial charge < -0.3 is 5.32 Å². The Morgan fingerprint density at radius 1 is 0.895 bits per heavy atom. The maximum absolute atomic E-state index is 13.9. The van der Waals surface area contributed by atoms with E-state index in [1.54, 1.807) is 30.3 Å². The minimum Gasteiger partial charge on any atom is -0.325 e. The predicted molar refractivity (Wildman–Crippen MR) is 143 cm³/mol. The fourth-order valence-electron chi connectivity index (χ4n) is 4.21. The summed E-state index contributed by atoms with van der Waals surface area (Å²) in [6.07, 6.45) is 0. The zero-order chi connectivity index (χ0) is 27.1. The van der Waals surface area contributed by atoms with Crippen molar-refractivity contribution in [3.63, 3.8) is 0 Å². The van der Waals surface area contributed by atoms with Crippen molar-refractivity contribution in [3.05, 3.63) is 102 Å². The first-order valence-electron chi connectivity index (χ1n) is 11.5. The van der Waals surface area contributed by atoms with Gasteiger partial charge >= 0.3 is 0 Å². The molecule has 5 rings (SSSR count). The molecular weight excluding hydrogens is 529 g/mol. The maximum atomic E-state index is 13.9. The van der Waals surface area contributed by atoms with E-state index in [-0.39, 0.29) is 21.2 Å². The molecule has 1 aliphatic rings. The Balaban J connectivity index is 1.36. The largest absolute Gasteiger partial charge is 0.325 e. The molecule has 11 heteroatoms. The monoisotopic (exact) mass is 551 g/mol. The van der Waals surface area contributed by atoms with E-state index in [0.717, 1.165) is 15.9 Å². The lowest BCUT2D eigenvalue weighted by molar-refractivity contribution is -0.114. The number of halogens is 1. The van der Waals surface area contributed by atoms with Crippen molar-refractivity contribution in [2.75, 3.05) is 20.9 Å². The molecular formula is C27H22FN3O5S2. The lowest BCUT2D eigenvalue weighted by Gasteiger charge is -2.31. The first kappa shape index (κ1) is 25.4. The number of carbonyl (C=O) groups is 1. The van der Waals surface area contributed by atoms with Gasteiger partial charge in [-0.25, -0.2) is 21.2 Å². The van der Waals surface area contributed by atoms with Crippen LogP contribution < -0.4 is 14.3 Å². The van der Waals surface area contributed by atoms with Crippen molar-refractivity contribution in [2.45, 2.75) is 16.7 Å². The number of rotatable bonds is 6. The zero-order valence-corrected chi connectivity index (χ0v) is 21.7. The summed E-state index contributed by atoms with van der Waals surface area (Å²) in [7, 11) is -8.08. The molecule has 0 atom stereocenters. The van der Waals surface area contributed by atoms with Crippen LogP contribution in [-0.2, 0) is 24.8 Å². The van der Waals surface area contributed by atoms with Crippen LogP contribution in [0.2, 0.25) is 0 Å². The van der Waals surface area contributed by atoms with Crippen LogP contribution in [0, 0.1) is 12.7 Å². The first-order valence-corrected chi connectivity index (χ1v) is 14.4. The smallest absolute Gasteiger partial charge is 0.265 e. The van der Waals surface area contributed by atoms with Gasteiger partial charge in [0.25, 0.3) is 20.0 Å². The van der Waals surface area contributed by atoms with Crippen molar-refractivity contribution in [1.29, 1.82) is 0 Å². The summed E-state index contributed by atoms with van der Waals surface area (Å²) in [5.74, 6) is -1.33. The standard InChI is InChI=1S/C27H22FN3O5S2/c1-18-10-15-25-22(16-18)21-6-2-5-9-26(21)38(35,36)31(25)17-27(32)29-19-11-13-20(14-12-19)37(33,34)30-24-8-4-3-7-23(24)28/h2-16,30H,17H2,1H3,(H,29,32). The van der Waals surface area contributed by atoms with Crippen LogP contribution in [0.3, 0.4) is 0 Å². The number of carbonyl (C=O) groups excluding carboxylic acids is 1. The Bertz CT molecular complexity index is 1770. The average molecular weight is 552 g/mol. The van der Waals surface area contributed by atoms with E-state index in [0.29, 0.717) is 16.8 Å². The van der Waals surface area contributed by atoms with Crippen LogP contribution in [0.25, 0.3) is 11.1 Å². The molecule has 8 nitrogen and oxygen atoms in total. The highest BCUT2D eigenvalue weighted by Gasteiger charge is 2.35. The summed E-state index contributed by atoms with van der Waals surface area (Å²) in [4.78, 5) is 12.9. The van der Waals surface area contributed by atoms with E-state index in [2.05, 4.69) is 10.0 Å². The number of aryl methyl sites for hydroxylation is 1. The molecule has 0 saturated carbocycles. The lowest BCUT2D eigenvalue weighted by Crippen LogP contribution is -2.40. The maximum Gasteiger partial charge on any atom is 0.265 e. The molecule has 0 bridgehead atoms. The quantitative estimate of drug-likeness (QED) is 0.359. The fourth-order valence-corrected chi connectivity index (χ4v) is 6.93. The molecule has 194 valence electrons. The third-order valence-corrected chi connectivity index (χ3v) is 9.22. The number of para-hydroxylation sites is 1. The van der Waals surface area contributed by atoms with Crippen LogP contribution in [0.4, 0.5) is 21.5 Å². The summed E-state index contributed by atoms with van der Waals surface area (Å²) in [5, 5.41) is 2.61. The summed E-state index contributed by atoms with van der Waals surface area (Å²) >= 11 is 0. The molecule has 0 radical (unpaired) electrons. The van der Waals surface area contributed by atoms with Crippen molar-refractivity contribution in [2.24, 2.45) is 0 Å². The van der Waals surface area contributed by atoms with E-state index in [1.165, 1.54) is 48.5 Å². The van der Waals surface area contributed by atoms with Gasteiger partial charge in [-0.15, -0.1) is 0 Å². The minimum absolute atomic E-state index is 0.114. The molecule has 1 heterocycles. The number of benzene rings is 4. The molecule has 0 aliphatic carbocycles. The summed E-state index contributed by atoms with van der Waals surface area (Å²) < 4.78 is 69.2. The van der Waals surface area contributed by atoms with Gasteiger partial charge in [0.15, 0.2) is 0 Å². The first-order chi connectivity index (χ1) is 18.1. The number of nitrogens with one attached hydrogen (secondary N) is 2. The Kier molecular flexibility index (Phi) is 6.41. The molecule has 4 aromatic rings. The molecule has 1 amide bonds. The molecule has 0 aromatic heterocycles. The topological polar surface area (TPSA) is 113 Å². The number of hydrogen-bond donors (Lipinski definition) is 2. The van der Waals surface area contributed by atoms with Crippen molar-refractivity contribution < 1.29 is 26.0 Å². The fraction of sp³-hybridized carbons (Fsp3) is 0.0741. The Labute approximate surface area is 219 Å². The Morgan fingerprint density at radius 3 is 2.32 bits per heavy atom. The van der Waals surface area contributed by atoms with E-state index < -0.39 is 38.3 Å². The van der Waals surface area contributed by atoms with E-state index >= 15 is 0 Å². The van der Waals surface area contributed by atoms with Gasteiger partial charge in [-0.1, -0.05) is 42.0 Å². The van der Waals surface area contributed by atoms with Crippen LogP contribution in [-0.4, -0.2) is 29.3 Å². The highest BCUT2D eigenvalue weighted by molar-refractivity contribution is 7.93. The molecule has 4 aromatic carbocycles. The van der Waals surface area contributed by atoms with Gasteiger partial charge in [0.2, 0.25) is 5.91 Å². The lowest BCUT2D eigenvalue weighted by atomic mass is 10.0. The number of sulfonamides is 2. The van der Waals surface area contributed by atoms with Gasteiger partial charge in [0, 0.05) is 16.8 Å². The summed E-state index contributed by atoms with van der Waals surface area (Å²) in [6.45, 7) is 1.42. The number of fused-ring (bicyclic) bond motifs is 3. The number of nitrogens with zero attached hydrogens (tertiary/aromatic N) is 1. The second kappa shape index (κ2) is 9.58. The average Bonchev–Trinajstić information content (AvgIpc) is 2.88. The van der Waals surface area contributed by atoms with Gasteiger partial charge in [-0.3, -0.25) is 13.8 Å². The Hall–Kier alpha value is -4.22. The van der Waals surface area contributed by atoms with Gasteiger partial charge in [-0.2, -0.15) is 0 Å². The second-order valence-corrected chi connectivity index (χ2v) is 12.2. The minimum atomic E-state index is -4.07. The van der Waals surface area contributed by atoms with Crippen LogP contribution in [0.15, 0.2) is 101 Å². The number of anilines is 3. The molecule has 1 aliphatic heterocycles. The molecule has 0 spiro atoms. The van der Waals surface area contributed by atoms with E-state index in [1.807, 2.05) is 13.0 Å². The highest BCUT2D eigenvalue weighted by atomic mass is 32.2. The molecule has 38 heavy (non-hydrogen) atoms. The third-order valence-electron chi connectivity index (χ3n) is 6.02. The zero-order valence-electron chi connectivity index (χ0n) is 20.1. The highest BCUT2D eigenvalue weighted by Crippen LogP contribution is 2.43. The summed E-state index contributed by atoms with van der Waals surface area (Å²) in [6, 6.07) is 22.6. The van der Waals surface area contributed by atoms with E-state index in [9.17, 15) is 26.0 Å². The number of hydrogen-bond acceptors (Lipinski definition) is 5. The van der Waals surface area contributed by atoms with Crippen LogP contribution in [0.5, 0.6) is 0 Å². The number of amides is 1. The second-order valence-electron chi connectivity index (χ2n) is 8.69. The summed E-state index contributed by atoms with van der Waals surface area (Å²) in [5.41, 5.74) is 2.69. The van der Waals surface area contributed by atoms with Gasteiger partial charge in [0.05, 0.1) is 21.2 Å². The van der Waals surface area contributed by atoms with Gasteiger partial charge in [0.1, 0.15) is 12.4 Å². The SMILES string of the molecule is Cc1ccc2c(c1)-c1ccccc1S(=O)(=O)N2CC(=O)Nc1ccc(S(=O)(=O)Nc2ccccc2F)cc1. The Morgan fingerprint density at radius 2 is 1.58 bits per heavy atom. The van der Waals surface area contributed by atoms with E-state index in [4.69, 9.17) is 0 Å². The van der Waals surface area contributed by atoms with Crippen molar-refractivity contribution in [3.8, 4) is 11.1 Å². The van der Waals surface area contributed by atoms with Crippen molar-refractivity contribution in [1.82, 2.24) is 0 Å². The van der Waals surface area contributed by atoms with Crippen molar-refractivity contribution >= 4 is 43.0 Å². The van der Waals surface area contributed by atoms with Crippen LogP contribution in [0.1, 0.15) is 5.56 Å². The molecule has 0 saturated heterocycles. The normalized spacial score (nSPS) is 13.8. The molecule has 0 unspecified atom stereocenters. The van der Waals surface area contributed by atoms with Crippen LogP contribution >= 0.6 is 0 Å². The third kappa shape index (κ3) is 4.73. The predicted octanol–water partition coefficient (Wildman–Crippen LogP) is 4.75. The van der Waals surface area contributed by atoms with Gasteiger partial charge in [-0.05, 0) is 61.5 Å². The molecule has 2 N–H and O–H groups in total.